The number of aliphatic hydroxyl groups is 1. The van der Waals surface area contributed by atoms with Crippen molar-refractivity contribution in [3.8, 4) is 5.75 Å². The van der Waals surface area contributed by atoms with E-state index in [2.05, 4.69) is 9.72 Å². The maximum atomic E-state index is 12.0. The van der Waals surface area contributed by atoms with Crippen LogP contribution in [0.15, 0.2) is 6.07 Å². The average molecular weight is 333 g/mol. The van der Waals surface area contributed by atoms with E-state index in [9.17, 15) is 13.2 Å². The summed E-state index contributed by atoms with van der Waals surface area (Å²) >= 11 is 1.63. The molecule has 0 atom stereocenters. The standard InChI is InChI=1S/C8H7F3INO2/c1-4-2-5(3-14)6(7(12)13-4)15-8(9,10)11/h2,14H,3H2,1H3. The highest BCUT2D eigenvalue weighted by molar-refractivity contribution is 14.1. The van der Waals surface area contributed by atoms with E-state index in [0.717, 1.165) is 0 Å². The Kier molecular flexibility index (Phi) is 3.77. The summed E-state index contributed by atoms with van der Waals surface area (Å²) in [6.45, 7) is 1.10. The van der Waals surface area contributed by atoms with Crippen molar-refractivity contribution >= 4 is 22.6 Å². The Balaban J connectivity index is 3.15. The van der Waals surface area contributed by atoms with Gasteiger partial charge in [-0.1, -0.05) is 0 Å². The van der Waals surface area contributed by atoms with E-state index in [1.807, 2.05) is 0 Å². The number of pyridine rings is 1. The average Bonchev–Trinajstić information content (AvgIpc) is 2.07. The van der Waals surface area contributed by atoms with Gasteiger partial charge in [-0.15, -0.1) is 13.2 Å². The molecule has 0 fully saturated rings. The molecule has 3 nitrogen and oxygen atoms in total. The maximum Gasteiger partial charge on any atom is 0.573 e. The van der Waals surface area contributed by atoms with E-state index >= 15 is 0 Å². The summed E-state index contributed by atoms with van der Waals surface area (Å²) in [5, 5.41) is 8.89. The van der Waals surface area contributed by atoms with Gasteiger partial charge in [-0.3, -0.25) is 0 Å². The van der Waals surface area contributed by atoms with Crippen LogP contribution in [-0.4, -0.2) is 16.5 Å². The predicted molar refractivity (Wildman–Crippen MR) is 54.3 cm³/mol. The highest BCUT2D eigenvalue weighted by atomic mass is 127. The second-order valence-electron chi connectivity index (χ2n) is 2.75. The van der Waals surface area contributed by atoms with Gasteiger partial charge < -0.3 is 9.84 Å². The number of nitrogens with zero attached hydrogens (tertiary/aromatic N) is 1. The van der Waals surface area contributed by atoms with Gasteiger partial charge in [0.25, 0.3) is 0 Å². The molecule has 7 heteroatoms. The summed E-state index contributed by atoms with van der Waals surface area (Å²) in [4.78, 5) is 3.82. The number of alkyl halides is 3. The van der Waals surface area contributed by atoms with Crippen molar-refractivity contribution in [2.24, 2.45) is 0 Å². The normalized spacial score (nSPS) is 11.6. The minimum absolute atomic E-state index is 0.0734. The van der Waals surface area contributed by atoms with E-state index in [1.165, 1.54) is 6.07 Å². The number of hydrogen-bond acceptors (Lipinski definition) is 3. The third-order valence-electron chi connectivity index (χ3n) is 1.52. The Morgan fingerprint density at radius 3 is 2.60 bits per heavy atom. The maximum absolute atomic E-state index is 12.0. The fourth-order valence-electron chi connectivity index (χ4n) is 1.03. The molecule has 1 N–H and O–H groups in total. The van der Waals surface area contributed by atoms with Gasteiger partial charge in [-0.2, -0.15) is 0 Å². The van der Waals surface area contributed by atoms with Crippen molar-refractivity contribution in [3.05, 3.63) is 21.0 Å². The molecule has 1 heterocycles. The summed E-state index contributed by atoms with van der Waals surface area (Å²) in [5.74, 6) is -0.434. The smallest absolute Gasteiger partial charge is 0.403 e. The number of halogens is 4. The van der Waals surface area contributed by atoms with Crippen molar-refractivity contribution in [1.82, 2.24) is 4.98 Å². The lowest BCUT2D eigenvalue weighted by atomic mass is 10.2. The zero-order chi connectivity index (χ0) is 11.6. The van der Waals surface area contributed by atoms with Crippen LogP contribution >= 0.6 is 22.6 Å². The first kappa shape index (κ1) is 12.5. The van der Waals surface area contributed by atoms with E-state index < -0.39 is 18.7 Å². The number of hydrogen-bond donors (Lipinski definition) is 1. The molecule has 1 aromatic rings. The number of aryl methyl sites for hydroxylation is 1. The molecule has 0 aliphatic carbocycles. The Morgan fingerprint density at radius 2 is 2.13 bits per heavy atom. The fraction of sp³-hybridized carbons (Fsp3) is 0.375. The number of ether oxygens (including phenoxy) is 1. The molecule has 0 spiro atoms. The predicted octanol–water partition coefficient (Wildman–Crippen LogP) is 2.39. The lowest BCUT2D eigenvalue weighted by molar-refractivity contribution is -0.275. The first-order valence-electron chi connectivity index (χ1n) is 3.86. The van der Waals surface area contributed by atoms with Gasteiger partial charge in [0.2, 0.25) is 0 Å². The van der Waals surface area contributed by atoms with Gasteiger partial charge in [0.05, 0.1) is 6.61 Å². The Morgan fingerprint density at radius 1 is 1.53 bits per heavy atom. The van der Waals surface area contributed by atoms with Crippen molar-refractivity contribution in [2.75, 3.05) is 0 Å². The number of aliphatic hydroxyl groups excluding tert-OH is 1. The third-order valence-corrected chi connectivity index (χ3v) is 2.26. The topological polar surface area (TPSA) is 42.4 Å². The molecule has 1 rings (SSSR count). The Bertz CT molecular complexity index is 368. The first-order chi connectivity index (χ1) is 6.83. The van der Waals surface area contributed by atoms with Crippen LogP contribution in [0.25, 0.3) is 0 Å². The summed E-state index contributed by atoms with van der Waals surface area (Å²) in [6, 6.07) is 1.35. The van der Waals surface area contributed by atoms with Gasteiger partial charge in [-0.05, 0) is 35.6 Å². The molecule has 0 saturated carbocycles. The lowest BCUT2D eigenvalue weighted by Gasteiger charge is -2.13. The van der Waals surface area contributed by atoms with Crippen LogP contribution in [0.1, 0.15) is 11.3 Å². The van der Waals surface area contributed by atoms with Gasteiger partial charge in [0.15, 0.2) is 5.75 Å². The highest BCUT2D eigenvalue weighted by Crippen LogP contribution is 2.30. The van der Waals surface area contributed by atoms with Crippen molar-refractivity contribution in [1.29, 1.82) is 0 Å². The summed E-state index contributed by atoms with van der Waals surface area (Å²) in [7, 11) is 0. The van der Waals surface area contributed by atoms with E-state index in [1.54, 1.807) is 29.5 Å². The van der Waals surface area contributed by atoms with Crippen LogP contribution in [0.4, 0.5) is 13.2 Å². The van der Waals surface area contributed by atoms with E-state index in [4.69, 9.17) is 5.11 Å². The molecule has 0 saturated heterocycles. The third kappa shape index (κ3) is 3.49. The second kappa shape index (κ2) is 4.52. The summed E-state index contributed by atoms with van der Waals surface area (Å²) in [5.41, 5.74) is 0.599. The van der Waals surface area contributed by atoms with Crippen molar-refractivity contribution in [3.63, 3.8) is 0 Å². The monoisotopic (exact) mass is 333 g/mol. The summed E-state index contributed by atoms with van der Waals surface area (Å²) in [6.07, 6.45) is -4.78. The molecule has 0 radical (unpaired) electrons. The molecule has 0 aliphatic rings. The molecule has 15 heavy (non-hydrogen) atoms. The molecule has 0 aliphatic heterocycles. The zero-order valence-corrected chi connectivity index (χ0v) is 9.76. The molecular weight excluding hydrogens is 326 g/mol. The van der Waals surface area contributed by atoms with Gasteiger partial charge in [0, 0.05) is 11.3 Å². The van der Waals surface area contributed by atoms with Crippen LogP contribution < -0.4 is 4.74 Å². The molecule has 0 amide bonds. The van der Waals surface area contributed by atoms with Crippen LogP contribution in [0, 0.1) is 10.6 Å². The fourth-order valence-corrected chi connectivity index (χ4v) is 1.87. The largest absolute Gasteiger partial charge is 0.573 e. The van der Waals surface area contributed by atoms with E-state index in [-0.39, 0.29) is 9.26 Å². The van der Waals surface area contributed by atoms with Gasteiger partial charge in [-0.25, -0.2) is 4.98 Å². The summed E-state index contributed by atoms with van der Waals surface area (Å²) < 4.78 is 39.9. The minimum Gasteiger partial charge on any atom is -0.403 e. The SMILES string of the molecule is Cc1cc(CO)c(OC(F)(F)F)c(I)n1. The number of rotatable bonds is 2. The second-order valence-corrected chi connectivity index (χ2v) is 3.77. The van der Waals surface area contributed by atoms with Crippen molar-refractivity contribution in [2.45, 2.75) is 19.9 Å². The van der Waals surface area contributed by atoms with Crippen LogP contribution in [0.5, 0.6) is 5.75 Å². The molecule has 0 aromatic carbocycles. The van der Waals surface area contributed by atoms with Crippen LogP contribution in [0.3, 0.4) is 0 Å². The quantitative estimate of drug-likeness (QED) is 0.668. The minimum atomic E-state index is -4.78. The van der Waals surface area contributed by atoms with Crippen molar-refractivity contribution < 1.29 is 23.0 Å². The Hall–Kier alpha value is -0.570. The molecule has 0 unspecified atom stereocenters. The van der Waals surface area contributed by atoms with Gasteiger partial charge in [0.1, 0.15) is 3.70 Å². The lowest BCUT2D eigenvalue weighted by Crippen LogP contribution is -2.19. The molecule has 1 aromatic heterocycles. The number of aromatic nitrogens is 1. The first-order valence-corrected chi connectivity index (χ1v) is 4.94. The highest BCUT2D eigenvalue weighted by Gasteiger charge is 2.33. The molecular formula is C8H7F3INO2. The van der Waals surface area contributed by atoms with Crippen LogP contribution in [0.2, 0.25) is 0 Å². The molecule has 0 bridgehead atoms. The molecule has 84 valence electrons. The van der Waals surface area contributed by atoms with Gasteiger partial charge >= 0.3 is 6.36 Å². The van der Waals surface area contributed by atoms with E-state index in [0.29, 0.717) is 5.69 Å². The Labute approximate surface area is 97.4 Å². The van der Waals surface area contributed by atoms with Crippen LogP contribution in [-0.2, 0) is 6.61 Å². The zero-order valence-electron chi connectivity index (χ0n) is 7.60.